The Morgan fingerprint density at radius 1 is 1.23 bits per heavy atom. The molecular formula is C26H44O5. The normalized spacial score (nSPS) is 36.1. The number of carboxylic acids is 1. The highest BCUT2D eigenvalue weighted by Gasteiger charge is 2.47. The molecule has 0 spiro atoms. The number of rotatable bonds is 9. The van der Waals surface area contributed by atoms with Gasteiger partial charge >= 0.3 is 5.97 Å². The second kappa shape index (κ2) is 11.1. The molecule has 31 heavy (non-hydrogen) atoms. The lowest BCUT2D eigenvalue weighted by atomic mass is 9.74. The zero-order valence-corrected chi connectivity index (χ0v) is 20.8. The quantitative estimate of drug-likeness (QED) is 0.474. The molecule has 0 aliphatic carbocycles. The lowest BCUT2D eigenvalue weighted by Gasteiger charge is -2.35. The van der Waals surface area contributed by atoms with Crippen molar-refractivity contribution in [3.8, 4) is 0 Å². The Kier molecular flexibility index (Phi) is 9.35. The predicted octanol–water partition coefficient (Wildman–Crippen LogP) is 5.64. The van der Waals surface area contributed by atoms with Gasteiger partial charge in [0.2, 0.25) is 0 Å². The first-order chi connectivity index (χ1) is 14.5. The zero-order valence-electron chi connectivity index (χ0n) is 20.8. The third-order valence-corrected chi connectivity index (χ3v) is 7.16. The maximum Gasteiger partial charge on any atom is 0.305 e. The number of ether oxygens (including phenoxy) is 3. The van der Waals surface area contributed by atoms with E-state index in [1.54, 1.807) is 7.11 Å². The van der Waals surface area contributed by atoms with Crippen molar-refractivity contribution in [2.45, 2.75) is 105 Å². The molecule has 8 atom stereocenters. The van der Waals surface area contributed by atoms with Gasteiger partial charge in [-0.15, -0.1) is 0 Å². The van der Waals surface area contributed by atoms with Crippen LogP contribution in [0.1, 0.15) is 74.1 Å². The highest BCUT2D eigenvalue weighted by Crippen LogP contribution is 2.42. The van der Waals surface area contributed by atoms with Gasteiger partial charge in [-0.3, -0.25) is 4.79 Å². The van der Waals surface area contributed by atoms with E-state index in [0.29, 0.717) is 17.8 Å². The molecule has 0 aromatic carbocycles. The van der Waals surface area contributed by atoms with Crippen LogP contribution in [-0.2, 0) is 19.0 Å². The fraction of sp³-hybridized carbons (Fsp3) is 0.808. The van der Waals surface area contributed by atoms with Crippen molar-refractivity contribution < 1.29 is 24.1 Å². The number of carboxylic acid groups (broad SMARTS) is 1. The average molecular weight is 437 g/mol. The number of methoxy groups -OCH3 is 1. The summed E-state index contributed by atoms with van der Waals surface area (Å²) < 4.78 is 18.1. The van der Waals surface area contributed by atoms with E-state index in [0.717, 1.165) is 24.8 Å². The first-order valence-corrected chi connectivity index (χ1v) is 11.9. The average Bonchev–Trinajstić information content (AvgIpc) is 2.96. The van der Waals surface area contributed by atoms with Crippen LogP contribution in [0.25, 0.3) is 0 Å². The van der Waals surface area contributed by atoms with E-state index in [4.69, 9.17) is 19.3 Å². The third kappa shape index (κ3) is 6.90. The Morgan fingerprint density at radius 3 is 2.48 bits per heavy atom. The van der Waals surface area contributed by atoms with E-state index < -0.39 is 5.97 Å². The molecule has 0 aromatic heterocycles. The zero-order chi connectivity index (χ0) is 23.3. The van der Waals surface area contributed by atoms with E-state index in [-0.39, 0.29) is 42.4 Å². The fourth-order valence-electron chi connectivity index (χ4n) is 5.75. The SMILES string of the molecule is COC1C(C)OC(C(C)(C)CC(C)C=CC=C(C)C2OC(CC(=O)O)CCC2C)C1C. The first-order valence-electron chi connectivity index (χ1n) is 11.9. The van der Waals surface area contributed by atoms with E-state index in [1.165, 1.54) is 0 Å². The van der Waals surface area contributed by atoms with E-state index >= 15 is 0 Å². The summed E-state index contributed by atoms with van der Waals surface area (Å²) in [7, 11) is 1.78. The van der Waals surface area contributed by atoms with Crippen LogP contribution in [0, 0.1) is 23.2 Å². The van der Waals surface area contributed by atoms with Gasteiger partial charge in [0.05, 0.1) is 36.9 Å². The Morgan fingerprint density at radius 2 is 1.90 bits per heavy atom. The third-order valence-electron chi connectivity index (χ3n) is 7.16. The molecule has 0 aromatic rings. The summed E-state index contributed by atoms with van der Waals surface area (Å²) in [5, 5.41) is 9.07. The van der Waals surface area contributed by atoms with Crippen LogP contribution >= 0.6 is 0 Å². The Balaban J connectivity index is 1.95. The maximum atomic E-state index is 11.0. The van der Waals surface area contributed by atoms with Crippen molar-refractivity contribution in [1.29, 1.82) is 0 Å². The minimum atomic E-state index is -0.789. The number of allylic oxidation sites excluding steroid dienone is 3. The highest BCUT2D eigenvalue weighted by atomic mass is 16.6. The molecule has 5 heteroatoms. The van der Waals surface area contributed by atoms with Gasteiger partial charge in [-0.2, -0.15) is 0 Å². The molecule has 0 amide bonds. The summed E-state index contributed by atoms with van der Waals surface area (Å²) in [4.78, 5) is 11.0. The minimum Gasteiger partial charge on any atom is -0.481 e. The van der Waals surface area contributed by atoms with Gasteiger partial charge in [-0.1, -0.05) is 52.8 Å². The minimum absolute atomic E-state index is 0.00491. The molecule has 0 radical (unpaired) electrons. The van der Waals surface area contributed by atoms with Gasteiger partial charge in [0, 0.05) is 13.0 Å². The number of hydrogen-bond acceptors (Lipinski definition) is 4. The van der Waals surface area contributed by atoms with Crippen molar-refractivity contribution >= 4 is 5.97 Å². The van der Waals surface area contributed by atoms with Crippen LogP contribution in [-0.4, -0.2) is 48.7 Å². The Bertz CT molecular complexity index is 652. The summed E-state index contributed by atoms with van der Waals surface area (Å²) in [6.45, 7) is 15.5. The van der Waals surface area contributed by atoms with Gasteiger partial charge in [-0.25, -0.2) is 0 Å². The first kappa shape index (κ1) is 26.1. The van der Waals surface area contributed by atoms with Gasteiger partial charge in [-0.05, 0) is 55.9 Å². The standard InChI is InChI=1S/C26H44O5/c1-16(15-26(6,7)25-19(4)24(29-8)20(5)30-25)10-9-11-17(2)23-18(3)12-13-21(31-23)14-22(27)28/h9-11,16,18-21,23-25H,12-15H2,1-8H3,(H,27,28). The molecule has 5 nitrogen and oxygen atoms in total. The molecule has 2 aliphatic heterocycles. The second-order valence-electron chi connectivity index (χ2n) is 10.6. The molecule has 0 saturated carbocycles. The van der Waals surface area contributed by atoms with E-state index in [1.807, 2.05) is 0 Å². The molecule has 8 unspecified atom stereocenters. The van der Waals surface area contributed by atoms with Gasteiger partial charge in [0.15, 0.2) is 0 Å². The molecule has 0 bridgehead atoms. The maximum absolute atomic E-state index is 11.0. The van der Waals surface area contributed by atoms with Crippen molar-refractivity contribution in [1.82, 2.24) is 0 Å². The topological polar surface area (TPSA) is 65.0 Å². The molecule has 178 valence electrons. The Labute approximate surface area is 189 Å². The van der Waals surface area contributed by atoms with E-state index in [9.17, 15) is 4.79 Å². The van der Waals surface area contributed by atoms with Crippen LogP contribution in [0.3, 0.4) is 0 Å². The van der Waals surface area contributed by atoms with Crippen molar-refractivity contribution in [2.24, 2.45) is 23.2 Å². The van der Waals surface area contributed by atoms with Crippen LogP contribution < -0.4 is 0 Å². The molecule has 2 aliphatic rings. The van der Waals surface area contributed by atoms with E-state index in [2.05, 4.69) is 66.7 Å². The number of hydrogen-bond donors (Lipinski definition) is 1. The monoisotopic (exact) mass is 436 g/mol. The van der Waals surface area contributed by atoms with Crippen LogP contribution in [0.2, 0.25) is 0 Å². The molecular weight excluding hydrogens is 392 g/mol. The smallest absolute Gasteiger partial charge is 0.305 e. The van der Waals surface area contributed by atoms with Crippen LogP contribution in [0.15, 0.2) is 23.8 Å². The summed E-state index contributed by atoms with van der Waals surface area (Å²) in [5.74, 6) is 0.402. The van der Waals surface area contributed by atoms with Gasteiger partial charge < -0.3 is 19.3 Å². The predicted molar refractivity (Wildman–Crippen MR) is 124 cm³/mol. The molecule has 2 rings (SSSR count). The Hall–Kier alpha value is -1.17. The summed E-state index contributed by atoms with van der Waals surface area (Å²) in [5.41, 5.74) is 1.21. The second-order valence-corrected chi connectivity index (χ2v) is 10.6. The largest absolute Gasteiger partial charge is 0.481 e. The summed E-state index contributed by atoms with van der Waals surface area (Å²) in [6, 6.07) is 0. The number of carbonyl (C=O) groups is 1. The lowest BCUT2D eigenvalue weighted by Crippen LogP contribution is -2.36. The van der Waals surface area contributed by atoms with Crippen molar-refractivity contribution in [2.75, 3.05) is 7.11 Å². The fourth-order valence-corrected chi connectivity index (χ4v) is 5.75. The molecule has 1 N–H and O–H groups in total. The van der Waals surface area contributed by atoms with Crippen LogP contribution in [0.5, 0.6) is 0 Å². The molecule has 2 heterocycles. The molecule has 2 fully saturated rings. The van der Waals surface area contributed by atoms with Gasteiger partial charge in [0.25, 0.3) is 0 Å². The van der Waals surface area contributed by atoms with Crippen LogP contribution in [0.4, 0.5) is 0 Å². The highest BCUT2D eigenvalue weighted by molar-refractivity contribution is 5.67. The van der Waals surface area contributed by atoms with Crippen molar-refractivity contribution in [3.05, 3.63) is 23.8 Å². The summed E-state index contributed by atoms with van der Waals surface area (Å²) in [6.07, 6.45) is 9.74. The number of aliphatic carboxylic acids is 1. The molecule has 2 saturated heterocycles. The summed E-state index contributed by atoms with van der Waals surface area (Å²) >= 11 is 0. The lowest BCUT2D eigenvalue weighted by molar-refractivity contribution is -0.143. The van der Waals surface area contributed by atoms with Crippen molar-refractivity contribution in [3.63, 3.8) is 0 Å². The van der Waals surface area contributed by atoms with Gasteiger partial charge in [0.1, 0.15) is 0 Å².